The van der Waals surface area contributed by atoms with Crippen molar-refractivity contribution in [2.24, 2.45) is 11.8 Å². The average Bonchev–Trinajstić information content (AvgIpc) is 3.46. The molecule has 30 heavy (non-hydrogen) atoms. The number of amides is 1. The number of nitrogens with one attached hydrogen (secondary N) is 1. The van der Waals surface area contributed by atoms with E-state index in [-0.39, 0.29) is 5.91 Å². The third-order valence-corrected chi connectivity index (χ3v) is 4.87. The van der Waals surface area contributed by atoms with Gasteiger partial charge in [-0.15, -0.1) is 0 Å². The molecule has 0 saturated heterocycles. The number of carbonyl (C=O) groups is 3. The first-order chi connectivity index (χ1) is 14.1. The first-order valence-corrected chi connectivity index (χ1v) is 9.85. The number of carbonyl (C=O) groups excluding carboxylic acids is 1. The monoisotopic (exact) mass is 473 g/mol. The van der Waals surface area contributed by atoms with Gasteiger partial charge in [-0.25, -0.2) is 4.79 Å². The average molecular weight is 475 g/mol. The van der Waals surface area contributed by atoms with E-state index in [1.807, 2.05) is 0 Å². The highest BCUT2D eigenvalue weighted by Gasteiger charge is 2.48. The van der Waals surface area contributed by atoms with Crippen molar-refractivity contribution in [3.05, 3.63) is 57.5 Å². The summed E-state index contributed by atoms with van der Waals surface area (Å²) < 4.78 is 5.07. The van der Waals surface area contributed by atoms with Gasteiger partial charge in [0.05, 0.1) is 22.5 Å². The Morgan fingerprint density at radius 2 is 1.70 bits per heavy atom. The molecule has 3 rings (SSSR count). The standard InChI is InChI=1S/C11H9Cl2NO3.C9H9ClO3/c12-5-1-2-9(8(13)3-5)14-10(15)6-4-7(6)11(16)17;1-6(9(11)12)13-8-4-2-3-7(10)5-8/h1-3,6-7H,4H2,(H,14,15)(H,16,17);2-6H,1H3,(H,11,12). The maximum Gasteiger partial charge on any atom is 0.344 e. The van der Waals surface area contributed by atoms with Crippen LogP contribution in [-0.2, 0) is 14.4 Å². The molecule has 2 aromatic carbocycles. The summed E-state index contributed by atoms with van der Waals surface area (Å²) in [7, 11) is 0. The molecule has 0 heterocycles. The molecule has 0 bridgehead atoms. The molecule has 1 aliphatic rings. The van der Waals surface area contributed by atoms with Crippen LogP contribution >= 0.6 is 34.8 Å². The van der Waals surface area contributed by atoms with Crippen molar-refractivity contribution < 1.29 is 29.3 Å². The Labute approximate surface area is 187 Å². The summed E-state index contributed by atoms with van der Waals surface area (Å²) in [6.07, 6.45) is -0.481. The van der Waals surface area contributed by atoms with Crippen LogP contribution in [0.4, 0.5) is 5.69 Å². The molecule has 1 aliphatic carbocycles. The lowest BCUT2D eigenvalue weighted by molar-refractivity contribution is -0.144. The van der Waals surface area contributed by atoms with Crippen molar-refractivity contribution >= 4 is 58.3 Å². The molecule has 0 aromatic heterocycles. The zero-order valence-corrected chi connectivity index (χ0v) is 17.9. The van der Waals surface area contributed by atoms with E-state index in [0.29, 0.717) is 32.9 Å². The number of carboxylic acid groups (broad SMARTS) is 2. The maximum absolute atomic E-state index is 11.7. The van der Waals surface area contributed by atoms with Crippen LogP contribution in [0.2, 0.25) is 15.1 Å². The second-order valence-electron chi connectivity index (χ2n) is 6.46. The normalized spacial score (nSPS) is 17.7. The first-order valence-electron chi connectivity index (χ1n) is 8.72. The van der Waals surface area contributed by atoms with Crippen molar-refractivity contribution in [3.8, 4) is 5.75 Å². The van der Waals surface area contributed by atoms with Gasteiger partial charge in [-0.05, 0) is 49.7 Å². The van der Waals surface area contributed by atoms with E-state index in [9.17, 15) is 14.4 Å². The lowest BCUT2D eigenvalue weighted by Crippen LogP contribution is -2.22. The predicted molar refractivity (Wildman–Crippen MR) is 114 cm³/mol. The number of rotatable bonds is 6. The van der Waals surface area contributed by atoms with Gasteiger partial charge in [-0.3, -0.25) is 9.59 Å². The van der Waals surface area contributed by atoms with E-state index in [1.165, 1.54) is 13.0 Å². The molecule has 0 aliphatic heterocycles. The number of aliphatic carboxylic acids is 2. The lowest BCUT2D eigenvalue weighted by Gasteiger charge is -2.09. The van der Waals surface area contributed by atoms with Gasteiger partial charge in [-0.2, -0.15) is 0 Å². The Bertz CT molecular complexity index is 952. The lowest BCUT2D eigenvalue weighted by atomic mass is 10.2. The number of ether oxygens (including phenoxy) is 1. The van der Waals surface area contributed by atoms with Crippen LogP contribution in [0.15, 0.2) is 42.5 Å². The van der Waals surface area contributed by atoms with E-state index in [4.69, 9.17) is 49.8 Å². The minimum Gasteiger partial charge on any atom is -0.481 e. The van der Waals surface area contributed by atoms with E-state index in [0.717, 1.165) is 0 Å². The van der Waals surface area contributed by atoms with Crippen LogP contribution in [0, 0.1) is 11.8 Å². The highest BCUT2D eigenvalue weighted by Crippen LogP contribution is 2.40. The van der Waals surface area contributed by atoms with Gasteiger partial charge in [0.1, 0.15) is 5.75 Å². The maximum atomic E-state index is 11.7. The largest absolute Gasteiger partial charge is 0.481 e. The third kappa shape index (κ3) is 7.09. The quantitative estimate of drug-likeness (QED) is 0.552. The van der Waals surface area contributed by atoms with Gasteiger partial charge < -0.3 is 20.3 Å². The van der Waals surface area contributed by atoms with Crippen LogP contribution in [0.1, 0.15) is 13.3 Å². The van der Waals surface area contributed by atoms with Gasteiger partial charge in [0, 0.05) is 10.0 Å². The smallest absolute Gasteiger partial charge is 0.344 e. The van der Waals surface area contributed by atoms with Crippen molar-refractivity contribution in [2.75, 3.05) is 5.32 Å². The van der Waals surface area contributed by atoms with Crippen LogP contribution in [-0.4, -0.2) is 34.2 Å². The fraction of sp³-hybridized carbons (Fsp3) is 0.250. The Morgan fingerprint density at radius 1 is 1.03 bits per heavy atom. The highest BCUT2D eigenvalue weighted by atomic mass is 35.5. The predicted octanol–water partition coefficient (Wildman–Crippen LogP) is 4.84. The Hall–Kier alpha value is -2.48. The number of anilines is 1. The van der Waals surface area contributed by atoms with Crippen molar-refractivity contribution in [3.63, 3.8) is 0 Å². The summed E-state index contributed by atoms with van der Waals surface area (Å²) in [5.41, 5.74) is 0.442. The van der Waals surface area contributed by atoms with Gasteiger partial charge in [0.15, 0.2) is 6.10 Å². The molecule has 0 spiro atoms. The van der Waals surface area contributed by atoms with Gasteiger partial charge in [0.25, 0.3) is 0 Å². The van der Waals surface area contributed by atoms with E-state index in [1.54, 1.807) is 36.4 Å². The fourth-order valence-corrected chi connectivity index (χ4v) is 3.00. The van der Waals surface area contributed by atoms with Gasteiger partial charge >= 0.3 is 11.9 Å². The zero-order valence-electron chi connectivity index (χ0n) is 15.6. The number of carboxylic acids is 2. The molecule has 7 nitrogen and oxygen atoms in total. The summed E-state index contributed by atoms with van der Waals surface area (Å²) in [6, 6.07) is 11.3. The summed E-state index contributed by atoms with van der Waals surface area (Å²) in [5.74, 6) is -2.82. The molecule has 3 N–H and O–H groups in total. The van der Waals surface area contributed by atoms with E-state index >= 15 is 0 Å². The van der Waals surface area contributed by atoms with Crippen LogP contribution in [0.5, 0.6) is 5.75 Å². The highest BCUT2D eigenvalue weighted by molar-refractivity contribution is 6.36. The Morgan fingerprint density at radius 3 is 2.23 bits per heavy atom. The number of hydrogen-bond donors (Lipinski definition) is 3. The summed E-state index contributed by atoms with van der Waals surface area (Å²) in [6.45, 7) is 1.46. The molecule has 0 radical (unpaired) electrons. The summed E-state index contributed by atoms with van der Waals surface area (Å²) >= 11 is 17.3. The van der Waals surface area contributed by atoms with Crippen LogP contribution in [0.3, 0.4) is 0 Å². The van der Waals surface area contributed by atoms with Gasteiger partial charge in [-0.1, -0.05) is 40.9 Å². The molecular weight excluding hydrogens is 457 g/mol. The number of benzene rings is 2. The molecular formula is C20H18Cl3NO6. The van der Waals surface area contributed by atoms with Gasteiger partial charge in [0.2, 0.25) is 5.91 Å². The fourth-order valence-electron chi connectivity index (χ4n) is 2.37. The van der Waals surface area contributed by atoms with Crippen LogP contribution in [0.25, 0.3) is 0 Å². The minimum absolute atomic E-state index is 0.318. The topological polar surface area (TPSA) is 113 Å². The van der Waals surface area contributed by atoms with Crippen molar-refractivity contribution in [1.82, 2.24) is 0 Å². The van der Waals surface area contributed by atoms with Crippen molar-refractivity contribution in [1.29, 1.82) is 0 Å². The second kappa shape index (κ2) is 10.5. The minimum atomic E-state index is -1.00. The van der Waals surface area contributed by atoms with E-state index < -0.39 is 29.9 Å². The second-order valence-corrected chi connectivity index (χ2v) is 7.74. The van der Waals surface area contributed by atoms with E-state index in [2.05, 4.69) is 5.32 Å². The zero-order chi connectivity index (χ0) is 22.4. The number of hydrogen-bond acceptors (Lipinski definition) is 4. The summed E-state index contributed by atoms with van der Waals surface area (Å²) in [5, 5.41) is 21.2. The SMILES string of the molecule is CC(Oc1cccc(Cl)c1)C(=O)O.O=C(O)C1CC1C(=O)Nc1ccc(Cl)cc1Cl. The Kier molecular flexibility index (Phi) is 8.34. The molecule has 1 fully saturated rings. The molecule has 1 saturated carbocycles. The summed E-state index contributed by atoms with van der Waals surface area (Å²) in [4.78, 5) is 32.7. The molecule has 3 unspecified atom stereocenters. The molecule has 2 aromatic rings. The molecule has 160 valence electrons. The first kappa shape index (κ1) is 23.8. The molecule has 3 atom stereocenters. The third-order valence-electron chi connectivity index (χ3n) is 4.09. The van der Waals surface area contributed by atoms with Crippen LogP contribution < -0.4 is 10.1 Å². The number of halogens is 3. The molecule has 1 amide bonds. The molecule has 10 heteroatoms. The Balaban J connectivity index is 0.000000222. The van der Waals surface area contributed by atoms with Crippen molar-refractivity contribution in [2.45, 2.75) is 19.4 Å².